The highest BCUT2D eigenvalue weighted by Gasteiger charge is 2.16. The van der Waals surface area contributed by atoms with E-state index in [2.05, 4.69) is 10.3 Å². The Kier molecular flexibility index (Phi) is 4.33. The van der Waals surface area contributed by atoms with Crippen molar-refractivity contribution in [3.63, 3.8) is 0 Å². The lowest BCUT2D eigenvalue weighted by molar-refractivity contribution is -0.856. The van der Waals surface area contributed by atoms with Gasteiger partial charge in [-0.15, -0.1) is 0 Å². The molecular formula is C14H16FN4O+. The van der Waals surface area contributed by atoms with Gasteiger partial charge in [-0.2, -0.15) is 10.2 Å². The summed E-state index contributed by atoms with van der Waals surface area (Å²) < 4.78 is 19.1. The van der Waals surface area contributed by atoms with Gasteiger partial charge in [0.2, 0.25) is 17.5 Å². The van der Waals surface area contributed by atoms with E-state index in [1.165, 1.54) is 11.0 Å². The maximum absolute atomic E-state index is 13.7. The summed E-state index contributed by atoms with van der Waals surface area (Å²) in [6.07, 6.45) is 0. The number of quaternary nitrogens is 1. The van der Waals surface area contributed by atoms with E-state index in [0.29, 0.717) is 6.54 Å². The summed E-state index contributed by atoms with van der Waals surface area (Å²) >= 11 is 0. The summed E-state index contributed by atoms with van der Waals surface area (Å²) in [6, 6.07) is 8.12. The smallest absolute Gasteiger partial charge is 0.233 e. The molecule has 0 amide bonds. The van der Waals surface area contributed by atoms with Gasteiger partial charge in [-0.05, 0) is 12.1 Å². The van der Waals surface area contributed by atoms with Crippen molar-refractivity contribution in [1.82, 2.24) is 4.98 Å². The molecule has 0 atom stereocenters. The maximum Gasteiger partial charge on any atom is 0.233 e. The van der Waals surface area contributed by atoms with Crippen molar-refractivity contribution in [3.8, 4) is 17.5 Å². The van der Waals surface area contributed by atoms with Gasteiger partial charge in [0.1, 0.15) is 11.9 Å². The fraction of sp³-hybridized carbons (Fsp3) is 0.286. The highest BCUT2D eigenvalue weighted by atomic mass is 19.1. The molecule has 0 aliphatic carbocycles. The van der Waals surface area contributed by atoms with Crippen LogP contribution in [0.2, 0.25) is 0 Å². The van der Waals surface area contributed by atoms with Crippen LogP contribution in [0, 0.1) is 17.1 Å². The molecule has 0 unspecified atom stereocenters. The lowest BCUT2D eigenvalue weighted by Gasteiger charge is -2.07. The van der Waals surface area contributed by atoms with Gasteiger partial charge in [-0.3, -0.25) is 0 Å². The number of halogens is 1. The van der Waals surface area contributed by atoms with Crippen molar-refractivity contribution in [2.24, 2.45) is 0 Å². The van der Waals surface area contributed by atoms with E-state index in [1.54, 1.807) is 18.2 Å². The molecule has 0 radical (unpaired) electrons. The summed E-state index contributed by atoms with van der Waals surface area (Å²) in [5.74, 6) is -0.0334. The van der Waals surface area contributed by atoms with Crippen molar-refractivity contribution in [2.75, 3.05) is 32.5 Å². The van der Waals surface area contributed by atoms with Crippen molar-refractivity contribution in [3.05, 3.63) is 35.8 Å². The van der Waals surface area contributed by atoms with Gasteiger partial charge in [-0.1, -0.05) is 12.1 Å². The van der Waals surface area contributed by atoms with Crippen molar-refractivity contribution in [2.45, 2.75) is 0 Å². The zero-order valence-corrected chi connectivity index (χ0v) is 11.4. The molecule has 0 spiro atoms. The lowest BCUT2D eigenvalue weighted by atomic mass is 10.2. The fourth-order valence-electron chi connectivity index (χ4n) is 1.69. The summed E-state index contributed by atoms with van der Waals surface area (Å²) in [5, 5.41) is 12.1. The summed E-state index contributed by atoms with van der Waals surface area (Å²) in [7, 11) is 4.05. The topological polar surface area (TPSA) is 66.3 Å². The number of oxazole rings is 1. The Morgan fingerprint density at radius 2 is 2.15 bits per heavy atom. The van der Waals surface area contributed by atoms with Crippen LogP contribution in [0.5, 0.6) is 0 Å². The monoisotopic (exact) mass is 275 g/mol. The van der Waals surface area contributed by atoms with Crippen LogP contribution >= 0.6 is 0 Å². The van der Waals surface area contributed by atoms with E-state index in [0.717, 1.165) is 6.54 Å². The first-order chi connectivity index (χ1) is 9.61. The molecule has 0 aliphatic heterocycles. The van der Waals surface area contributed by atoms with E-state index >= 15 is 0 Å². The Hall–Kier alpha value is -2.39. The fourth-order valence-corrected chi connectivity index (χ4v) is 1.69. The van der Waals surface area contributed by atoms with Crippen LogP contribution in [0.4, 0.5) is 10.3 Å². The number of nitrogens with one attached hydrogen (secondary N) is 2. The number of benzene rings is 1. The van der Waals surface area contributed by atoms with Crippen molar-refractivity contribution >= 4 is 5.88 Å². The van der Waals surface area contributed by atoms with E-state index in [1.807, 2.05) is 20.2 Å². The van der Waals surface area contributed by atoms with Crippen LogP contribution < -0.4 is 10.2 Å². The molecule has 6 heteroatoms. The molecule has 1 aromatic carbocycles. The first kappa shape index (κ1) is 14.0. The average molecular weight is 275 g/mol. The van der Waals surface area contributed by atoms with Gasteiger partial charge < -0.3 is 14.6 Å². The van der Waals surface area contributed by atoms with Crippen molar-refractivity contribution in [1.29, 1.82) is 5.26 Å². The van der Waals surface area contributed by atoms with Crippen LogP contribution in [0.1, 0.15) is 5.69 Å². The van der Waals surface area contributed by atoms with Gasteiger partial charge in [0, 0.05) is 0 Å². The molecule has 2 rings (SSSR count). The molecule has 0 saturated carbocycles. The standard InChI is InChI=1S/C14H15FN4O/c1-19(2)8-7-17-14-12(9-16)18-13(20-14)10-5-3-4-6-11(10)15/h3-6,17H,7-8H2,1-2H3/p+1. The van der Waals surface area contributed by atoms with Gasteiger partial charge in [0.25, 0.3) is 0 Å². The minimum absolute atomic E-state index is 0.111. The zero-order chi connectivity index (χ0) is 14.5. The normalized spacial score (nSPS) is 10.6. The number of hydrogen-bond acceptors (Lipinski definition) is 4. The van der Waals surface area contributed by atoms with Crippen molar-refractivity contribution < 1.29 is 13.7 Å². The Morgan fingerprint density at radius 3 is 2.80 bits per heavy atom. The number of rotatable bonds is 5. The minimum atomic E-state index is -0.428. The number of nitrogens with zero attached hydrogens (tertiary/aromatic N) is 2. The summed E-state index contributed by atoms with van der Waals surface area (Å²) in [4.78, 5) is 5.29. The highest BCUT2D eigenvalue weighted by molar-refractivity contribution is 5.59. The molecular weight excluding hydrogens is 259 g/mol. The average Bonchev–Trinajstić information content (AvgIpc) is 2.82. The maximum atomic E-state index is 13.7. The molecule has 0 fully saturated rings. The summed E-state index contributed by atoms with van der Waals surface area (Å²) in [6.45, 7) is 1.50. The molecule has 0 bridgehead atoms. The van der Waals surface area contributed by atoms with Crippen LogP contribution in [0.25, 0.3) is 11.5 Å². The SMILES string of the molecule is C[NH+](C)CCNc1oc(-c2ccccc2F)nc1C#N. The third-order valence-corrected chi connectivity index (χ3v) is 2.75. The largest absolute Gasteiger partial charge is 0.419 e. The van der Waals surface area contributed by atoms with Crippen LogP contribution in [0.15, 0.2) is 28.7 Å². The number of nitriles is 1. The molecule has 1 aromatic heterocycles. The Balaban J connectivity index is 2.23. The quantitative estimate of drug-likeness (QED) is 0.851. The molecule has 5 nitrogen and oxygen atoms in total. The Labute approximate surface area is 116 Å². The number of aromatic nitrogens is 1. The second kappa shape index (κ2) is 6.17. The minimum Gasteiger partial charge on any atom is -0.419 e. The molecule has 0 aliphatic rings. The molecule has 0 saturated heterocycles. The number of anilines is 1. The number of likely N-dealkylation sites (N-methyl/N-ethyl adjacent to an activating group) is 1. The van der Waals surface area contributed by atoms with E-state index in [4.69, 9.17) is 9.68 Å². The van der Waals surface area contributed by atoms with Crippen LogP contribution in [-0.4, -0.2) is 32.2 Å². The predicted octanol–water partition coefficient (Wildman–Crippen LogP) is 0.909. The van der Waals surface area contributed by atoms with Gasteiger partial charge >= 0.3 is 0 Å². The van der Waals surface area contributed by atoms with E-state index < -0.39 is 5.82 Å². The Morgan fingerprint density at radius 1 is 1.40 bits per heavy atom. The molecule has 1 heterocycles. The highest BCUT2D eigenvalue weighted by Crippen LogP contribution is 2.26. The second-order valence-corrected chi connectivity index (χ2v) is 4.67. The first-order valence-electron chi connectivity index (χ1n) is 6.30. The molecule has 20 heavy (non-hydrogen) atoms. The zero-order valence-electron chi connectivity index (χ0n) is 11.4. The van der Waals surface area contributed by atoms with E-state index in [9.17, 15) is 4.39 Å². The Bertz CT molecular complexity index is 630. The van der Waals surface area contributed by atoms with Gasteiger partial charge in [0.15, 0.2) is 0 Å². The molecule has 2 aromatic rings. The van der Waals surface area contributed by atoms with Crippen LogP contribution in [0.3, 0.4) is 0 Å². The third kappa shape index (κ3) is 3.13. The van der Waals surface area contributed by atoms with Gasteiger partial charge in [0.05, 0.1) is 32.7 Å². The first-order valence-corrected chi connectivity index (χ1v) is 6.30. The third-order valence-electron chi connectivity index (χ3n) is 2.75. The second-order valence-electron chi connectivity index (χ2n) is 4.67. The van der Waals surface area contributed by atoms with E-state index in [-0.39, 0.29) is 23.0 Å². The predicted molar refractivity (Wildman–Crippen MR) is 72.8 cm³/mol. The van der Waals surface area contributed by atoms with Crippen LogP contribution in [-0.2, 0) is 0 Å². The van der Waals surface area contributed by atoms with Gasteiger partial charge in [-0.25, -0.2) is 4.39 Å². The summed E-state index contributed by atoms with van der Waals surface area (Å²) in [5.41, 5.74) is 0.382. The molecule has 104 valence electrons. The lowest BCUT2D eigenvalue weighted by Crippen LogP contribution is -3.06. The molecule has 2 N–H and O–H groups in total. The number of hydrogen-bond donors (Lipinski definition) is 2.